The van der Waals surface area contributed by atoms with Crippen LogP contribution in [0.1, 0.15) is 11.3 Å². The van der Waals surface area contributed by atoms with E-state index in [1.54, 1.807) is 12.1 Å². The Morgan fingerprint density at radius 1 is 1.07 bits per heavy atom. The van der Waals surface area contributed by atoms with Crippen LogP contribution in [0.3, 0.4) is 0 Å². The van der Waals surface area contributed by atoms with Gasteiger partial charge in [0.2, 0.25) is 5.91 Å². The number of nitrogens with zero attached hydrogens (tertiary/aromatic N) is 3. The van der Waals surface area contributed by atoms with Gasteiger partial charge < -0.3 is 5.32 Å². The summed E-state index contributed by atoms with van der Waals surface area (Å²) in [4.78, 5) is 21.4. The van der Waals surface area contributed by atoms with Crippen molar-refractivity contribution < 1.29 is 4.79 Å². The molecule has 0 bridgehead atoms. The summed E-state index contributed by atoms with van der Waals surface area (Å²) in [7, 11) is 0. The van der Waals surface area contributed by atoms with Gasteiger partial charge in [0.1, 0.15) is 5.01 Å². The fraction of sp³-hybridized carbons (Fsp3) is 0.0476. The van der Waals surface area contributed by atoms with Crippen molar-refractivity contribution in [1.29, 1.82) is 5.26 Å². The van der Waals surface area contributed by atoms with E-state index < -0.39 is 0 Å². The highest BCUT2D eigenvalue weighted by Gasteiger charge is 2.12. The van der Waals surface area contributed by atoms with Crippen molar-refractivity contribution in [2.75, 3.05) is 5.32 Å². The molecule has 0 fully saturated rings. The first kappa shape index (κ1) is 19.5. The molecule has 0 saturated heterocycles. The SMILES string of the molecule is N#Cc1ccc(-c2csc(NC(=O)Cc3csc(-c4cccc(Br)c4)n3)n2)cc1. The molecule has 8 heteroatoms. The van der Waals surface area contributed by atoms with Crippen LogP contribution in [0.15, 0.2) is 63.8 Å². The largest absolute Gasteiger partial charge is 0.302 e. The lowest BCUT2D eigenvalue weighted by Gasteiger charge is -2.00. The summed E-state index contributed by atoms with van der Waals surface area (Å²) in [6, 6.07) is 17.2. The molecule has 0 spiro atoms. The van der Waals surface area contributed by atoms with Crippen molar-refractivity contribution in [3.05, 3.63) is 75.0 Å². The minimum Gasteiger partial charge on any atom is -0.302 e. The second-order valence-electron chi connectivity index (χ2n) is 6.11. The van der Waals surface area contributed by atoms with Crippen LogP contribution < -0.4 is 5.32 Å². The first-order valence-electron chi connectivity index (χ1n) is 8.57. The van der Waals surface area contributed by atoms with Crippen LogP contribution in [0, 0.1) is 11.3 Å². The summed E-state index contributed by atoms with van der Waals surface area (Å²) in [5.74, 6) is -0.156. The quantitative estimate of drug-likeness (QED) is 0.394. The fourth-order valence-electron chi connectivity index (χ4n) is 2.65. The molecule has 2 aromatic carbocycles. The normalized spacial score (nSPS) is 10.5. The molecule has 142 valence electrons. The van der Waals surface area contributed by atoms with Crippen LogP contribution in [0.4, 0.5) is 5.13 Å². The van der Waals surface area contributed by atoms with Gasteiger partial charge in [0.05, 0.1) is 29.4 Å². The molecular weight excluding hydrogens is 468 g/mol. The van der Waals surface area contributed by atoms with Crippen LogP contribution in [0.25, 0.3) is 21.8 Å². The van der Waals surface area contributed by atoms with Gasteiger partial charge in [0.25, 0.3) is 0 Å². The Morgan fingerprint density at radius 3 is 2.66 bits per heavy atom. The van der Waals surface area contributed by atoms with E-state index in [0.717, 1.165) is 32.0 Å². The number of benzene rings is 2. The van der Waals surface area contributed by atoms with Gasteiger partial charge in [-0.05, 0) is 24.3 Å². The molecule has 0 radical (unpaired) electrons. The molecule has 0 aliphatic rings. The Balaban J connectivity index is 1.40. The molecule has 2 heterocycles. The van der Waals surface area contributed by atoms with E-state index in [2.05, 4.69) is 37.3 Å². The monoisotopic (exact) mass is 480 g/mol. The van der Waals surface area contributed by atoms with Gasteiger partial charge in [0, 0.05) is 26.4 Å². The van der Waals surface area contributed by atoms with Crippen molar-refractivity contribution in [3.63, 3.8) is 0 Å². The molecule has 1 N–H and O–H groups in total. The third-order valence-corrected chi connectivity index (χ3v) is 6.22. The maximum atomic E-state index is 12.4. The Kier molecular flexibility index (Phi) is 5.81. The molecule has 2 aromatic heterocycles. The third-order valence-electron chi connectivity index (χ3n) is 4.03. The Hall–Kier alpha value is -2.86. The van der Waals surface area contributed by atoms with E-state index in [0.29, 0.717) is 10.7 Å². The Morgan fingerprint density at radius 2 is 1.90 bits per heavy atom. The summed E-state index contributed by atoms with van der Waals surface area (Å²) < 4.78 is 0.992. The topological polar surface area (TPSA) is 78.7 Å². The lowest BCUT2D eigenvalue weighted by atomic mass is 10.1. The second-order valence-corrected chi connectivity index (χ2v) is 8.74. The van der Waals surface area contributed by atoms with E-state index in [-0.39, 0.29) is 12.3 Å². The Labute approximate surface area is 183 Å². The second kappa shape index (κ2) is 8.66. The lowest BCUT2D eigenvalue weighted by Crippen LogP contribution is -2.14. The summed E-state index contributed by atoms with van der Waals surface area (Å²) in [5, 5.41) is 16.9. The first-order chi connectivity index (χ1) is 14.1. The van der Waals surface area contributed by atoms with Gasteiger partial charge >= 0.3 is 0 Å². The van der Waals surface area contributed by atoms with E-state index in [1.807, 2.05) is 47.2 Å². The number of hydrogen-bond acceptors (Lipinski definition) is 6. The number of halogens is 1. The number of nitrogens with one attached hydrogen (secondary N) is 1. The number of anilines is 1. The average molecular weight is 481 g/mol. The number of hydrogen-bond donors (Lipinski definition) is 1. The highest BCUT2D eigenvalue weighted by molar-refractivity contribution is 9.10. The van der Waals surface area contributed by atoms with E-state index in [4.69, 9.17) is 5.26 Å². The van der Waals surface area contributed by atoms with Crippen molar-refractivity contribution >= 4 is 49.6 Å². The third kappa shape index (κ3) is 4.77. The minimum absolute atomic E-state index is 0.156. The standard InChI is InChI=1S/C21H13BrN4OS2/c22-16-3-1-2-15(8-16)20-24-17(11-28-20)9-19(27)26-21-25-18(12-29-21)14-6-4-13(10-23)5-7-14/h1-8,11-12H,9H2,(H,25,26,27). The molecule has 29 heavy (non-hydrogen) atoms. The van der Waals surface area contributed by atoms with E-state index in [1.165, 1.54) is 22.7 Å². The molecule has 0 aliphatic carbocycles. The number of nitriles is 1. The number of amides is 1. The summed E-state index contributed by atoms with van der Waals surface area (Å²) in [6.07, 6.45) is 0.191. The predicted octanol–water partition coefficient (Wildman–Crippen LogP) is 5.75. The molecule has 0 unspecified atom stereocenters. The zero-order chi connectivity index (χ0) is 20.2. The van der Waals surface area contributed by atoms with Gasteiger partial charge in [-0.2, -0.15) is 5.26 Å². The molecular formula is C21H13BrN4OS2. The maximum absolute atomic E-state index is 12.4. The number of carbonyl (C=O) groups is 1. The molecule has 0 atom stereocenters. The van der Waals surface area contributed by atoms with Crippen LogP contribution in [0.2, 0.25) is 0 Å². The van der Waals surface area contributed by atoms with E-state index >= 15 is 0 Å². The van der Waals surface area contributed by atoms with Crippen LogP contribution in [0.5, 0.6) is 0 Å². The van der Waals surface area contributed by atoms with Crippen LogP contribution >= 0.6 is 38.6 Å². The van der Waals surface area contributed by atoms with Gasteiger partial charge in [-0.3, -0.25) is 4.79 Å². The van der Waals surface area contributed by atoms with E-state index in [9.17, 15) is 4.79 Å². The first-order valence-corrected chi connectivity index (χ1v) is 11.1. The highest BCUT2D eigenvalue weighted by Crippen LogP contribution is 2.27. The minimum atomic E-state index is -0.156. The number of thiazole rings is 2. The molecule has 4 aromatic rings. The Bertz CT molecular complexity index is 1210. The fourth-order valence-corrected chi connectivity index (χ4v) is 4.60. The van der Waals surface area contributed by atoms with Crippen LogP contribution in [-0.2, 0) is 11.2 Å². The van der Waals surface area contributed by atoms with Gasteiger partial charge in [-0.25, -0.2) is 9.97 Å². The predicted molar refractivity (Wildman–Crippen MR) is 120 cm³/mol. The zero-order valence-electron chi connectivity index (χ0n) is 14.9. The van der Waals surface area contributed by atoms with Crippen molar-refractivity contribution in [3.8, 4) is 27.9 Å². The molecule has 1 amide bonds. The molecule has 0 aliphatic heterocycles. The lowest BCUT2D eigenvalue weighted by molar-refractivity contribution is -0.115. The average Bonchev–Trinajstić information content (AvgIpc) is 3.38. The summed E-state index contributed by atoms with van der Waals surface area (Å²) in [6.45, 7) is 0. The van der Waals surface area contributed by atoms with Gasteiger partial charge in [-0.15, -0.1) is 22.7 Å². The summed E-state index contributed by atoms with van der Waals surface area (Å²) >= 11 is 6.34. The van der Waals surface area contributed by atoms with Crippen molar-refractivity contribution in [1.82, 2.24) is 9.97 Å². The number of rotatable bonds is 5. The van der Waals surface area contributed by atoms with Crippen molar-refractivity contribution in [2.45, 2.75) is 6.42 Å². The van der Waals surface area contributed by atoms with Crippen LogP contribution in [-0.4, -0.2) is 15.9 Å². The molecule has 5 nitrogen and oxygen atoms in total. The number of carbonyl (C=O) groups excluding carboxylic acids is 1. The smallest absolute Gasteiger partial charge is 0.232 e. The number of aromatic nitrogens is 2. The molecule has 4 rings (SSSR count). The highest BCUT2D eigenvalue weighted by atomic mass is 79.9. The maximum Gasteiger partial charge on any atom is 0.232 e. The van der Waals surface area contributed by atoms with Gasteiger partial charge in [-0.1, -0.05) is 40.2 Å². The zero-order valence-corrected chi connectivity index (χ0v) is 18.1. The van der Waals surface area contributed by atoms with Gasteiger partial charge in [0.15, 0.2) is 5.13 Å². The molecule has 0 saturated carbocycles. The summed E-state index contributed by atoms with van der Waals surface area (Å²) in [5.41, 5.74) is 4.01. The van der Waals surface area contributed by atoms with Crippen molar-refractivity contribution in [2.24, 2.45) is 0 Å².